The fourth-order valence-corrected chi connectivity index (χ4v) is 2.74. The Hall–Kier alpha value is -1.59. The fourth-order valence-electron chi connectivity index (χ4n) is 2.74. The first-order chi connectivity index (χ1) is 10.6. The molecule has 1 aromatic carbocycles. The van der Waals surface area contributed by atoms with E-state index in [1.165, 1.54) is 0 Å². The molecular weight excluding hydrogens is 282 g/mol. The van der Waals surface area contributed by atoms with Crippen LogP contribution in [0.3, 0.4) is 0 Å². The van der Waals surface area contributed by atoms with E-state index in [1.54, 1.807) is 18.2 Å². The van der Waals surface area contributed by atoms with Crippen molar-refractivity contribution in [2.24, 2.45) is 0 Å². The topological polar surface area (TPSA) is 48.0 Å². The van der Waals surface area contributed by atoms with Gasteiger partial charge in [0.25, 0.3) is 0 Å². The Morgan fingerprint density at radius 2 is 1.95 bits per heavy atom. The highest BCUT2D eigenvalue weighted by molar-refractivity contribution is 5.76. The van der Waals surface area contributed by atoms with Crippen LogP contribution < -0.4 is 9.47 Å². The van der Waals surface area contributed by atoms with Crippen molar-refractivity contribution in [2.45, 2.75) is 33.0 Å². The van der Waals surface area contributed by atoms with Gasteiger partial charge >= 0.3 is 0 Å². The molecule has 0 aliphatic carbocycles. The van der Waals surface area contributed by atoms with Crippen LogP contribution in [0.5, 0.6) is 11.5 Å². The molecule has 0 saturated carbocycles. The van der Waals surface area contributed by atoms with Crippen molar-refractivity contribution in [1.82, 2.24) is 4.90 Å². The van der Waals surface area contributed by atoms with E-state index < -0.39 is 0 Å². The summed E-state index contributed by atoms with van der Waals surface area (Å²) in [6.45, 7) is 9.92. The number of hydrogen-bond donors (Lipinski definition) is 0. The number of carbonyl (C=O) groups excluding carboxylic acids is 1. The van der Waals surface area contributed by atoms with Crippen LogP contribution >= 0.6 is 0 Å². The van der Waals surface area contributed by atoms with Crippen LogP contribution in [-0.2, 0) is 4.74 Å². The van der Waals surface area contributed by atoms with Gasteiger partial charge in [-0.2, -0.15) is 0 Å². The Balaban J connectivity index is 1.89. The highest BCUT2D eigenvalue weighted by Gasteiger charge is 2.21. The summed E-state index contributed by atoms with van der Waals surface area (Å²) in [6, 6.07) is 5.24. The molecule has 0 N–H and O–H groups in total. The molecule has 0 bridgehead atoms. The average molecular weight is 307 g/mol. The van der Waals surface area contributed by atoms with Gasteiger partial charge in [-0.25, -0.2) is 0 Å². The van der Waals surface area contributed by atoms with Gasteiger partial charge in [-0.15, -0.1) is 0 Å². The predicted molar refractivity (Wildman–Crippen MR) is 84.9 cm³/mol. The van der Waals surface area contributed by atoms with Crippen LogP contribution in [-0.4, -0.2) is 56.2 Å². The molecule has 2 atom stereocenters. The maximum absolute atomic E-state index is 10.8. The molecule has 1 aromatic rings. The number of nitrogens with zero attached hydrogens (tertiary/aromatic N) is 1. The second-order valence-electron chi connectivity index (χ2n) is 5.62. The maximum atomic E-state index is 10.8. The molecule has 122 valence electrons. The molecule has 1 saturated heterocycles. The normalized spacial score (nSPS) is 22.3. The van der Waals surface area contributed by atoms with Crippen molar-refractivity contribution in [3.63, 3.8) is 0 Å². The van der Waals surface area contributed by atoms with Crippen molar-refractivity contribution in [1.29, 1.82) is 0 Å². The molecule has 0 unspecified atom stereocenters. The van der Waals surface area contributed by atoms with Crippen LogP contribution in [0.2, 0.25) is 0 Å². The molecule has 5 nitrogen and oxygen atoms in total. The zero-order valence-electron chi connectivity index (χ0n) is 13.6. The maximum Gasteiger partial charge on any atom is 0.161 e. The molecule has 2 rings (SSSR count). The first-order valence-electron chi connectivity index (χ1n) is 7.85. The predicted octanol–water partition coefficient (Wildman–Crippen LogP) is 2.39. The van der Waals surface area contributed by atoms with E-state index in [-0.39, 0.29) is 12.2 Å². The van der Waals surface area contributed by atoms with E-state index in [0.717, 1.165) is 25.9 Å². The van der Waals surface area contributed by atoms with Crippen molar-refractivity contribution in [3.05, 3.63) is 23.8 Å². The van der Waals surface area contributed by atoms with Crippen LogP contribution in [0.1, 0.15) is 31.1 Å². The summed E-state index contributed by atoms with van der Waals surface area (Å²) in [4.78, 5) is 13.2. The SMILES string of the molecule is CCOc1cc(C=O)ccc1OCCN1C[C@@H](C)O[C@H](C)C1. The van der Waals surface area contributed by atoms with Gasteiger partial charge in [0.2, 0.25) is 0 Å². The van der Waals surface area contributed by atoms with E-state index in [9.17, 15) is 4.79 Å². The van der Waals surface area contributed by atoms with E-state index in [1.807, 2.05) is 6.92 Å². The van der Waals surface area contributed by atoms with Gasteiger partial charge < -0.3 is 14.2 Å². The second-order valence-corrected chi connectivity index (χ2v) is 5.62. The molecule has 0 aromatic heterocycles. The summed E-state index contributed by atoms with van der Waals surface area (Å²) in [5.41, 5.74) is 0.589. The van der Waals surface area contributed by atoms with Gasteiger partial charge in [0.1, 0.15) is 12.9 Å². The Morgan fingerprint density at radius 3 is 2.59 bits per heavy atom. The second kappa shape index (κ2) is 8.15. The molecule has 22 heavy (non-hydrogen) atoms. The van der Waals surface area contributed by atoms with Gasteiger partial charge in [-0.3, -0.25) is 9.69 Å². The lowest BCUT2D eigenvalue weighted by Gasteiger charge is -2.35. The molecule has 1 aliphatic rings. The zero-order chi connectivity index (χ0) is 15.9. The summed E-state index contributed by atoms with van der Waals surface area (Å²) < 4.78 is 17.1. The lowest BCUT2D eigenvalue weighted by Crippen LogP contribution is -2.46. The van der Waals surface area contributed by atoms with Crippen molar-refractivity contribution < 1.29 is 19.0 Å². The fraction of sp³-hybridized carbons (Fsp3) is 0.588. The van der Waals surface area contributed by atoms with Crippen LogP contribution in [0, 0.1) is 0 Å². The minimum atomic E-state index is 0.259. The summed E-state index contributed by atoms with van der Waals surface area (Å²) >= 11 is 0. The molecule has 1 heterocycles. The highest BCUT2D eigenvalue weighted by atomic mass is 16.5. The summed E-state index contributed by atoms with van der Waals surface area (Å²) in [6.07, 6.45) is 1.33. The first kappa shape index (κ1) is 16.8. The Kier molecular flexibility index (Phi) is 6.21. The molecule has 0 spiro atoms. The van der Waals surface area contributed by atoms with Crippen LogP contribution in [0.25, 0.3) is 0 Å². The number of morpholine rings is 1. The number of aldehydes is 1. The molecule has 0 radical (unpaired) electrons. The number of hydrogen-bond acceptors (Lipinski definition) is 5. The summed E-state index contributed by atoms with van der Waals surface area (Å²) in [7, 11) is 0. The molecule has 0 amide bonds. The van der Waals surface area contributed by atoms with E-state index >= 15 is 0 Å². The highest BCUT2D eigenvalue weighted by Crippen LogP contribution is 2.28. The van der Waals surface area contributed by atoms with Crippen molar-refractivity contribution in [3.8, 4) is 11.5 Å². The minimum Gasteiger partial charge on any atom is -0.490 e. The monoisotopic (exact) mass is 307 g/mol. The Morgan fingerprint density at radius 1 is 1.23 bits per heavy atom. The van der Waals surface area contributed by atoms with Crippen LogP contribution in [0.4, 0.5) is 0 Å². The molecule has 5 heteroatoms. The molecule has 1 aliphatic heterocycles. The van der Waals surface area contributed by atoms with Gasteiger partial charge in [-0.1, -0.05) is 0 Å². The molecular formula is C17H25NO4. The minimum absolute atomic E-state index is 0.259. The van der Waals surface area contributed by atoms with E-state index in [0.29, 0.717) is 30.3 Å². The largest absolute Gasteiger partial charge is 0.490 e. The van der Waals surface area contributed by atoms with Gasteiger partial charge in [0.15, 0.2) is 11.5 Å². The van der Waals surface area contributed by atoms with Gasteiger partial charge in [0.05, 0.1) is 18.8 Å². The number of benzene rings is 1. The lowest BCUT2D eigenvalue weighted by molar-refractivity contribution is -0.0699. The number of carbonyl (C=O) groups is 1. The Labute approximate surface area is 132 Å². The third kappa shape index (κ3) is 4.71. The first-order valence-corrected chi connectivity index (χ1v) is 7.85. The number of rotatable bonds is 7. The Bertz CT molecular complexity index is 482. The lowest BCUT2D eigenvalue weighted by atomic mass is 10.2. The zero-order valence-corrected chi connectivity index (χ0v) is 13.6. The smallest absolute Gasteiger partial charge is 0.161 e. The van der Waals surface area contributed by atoms with Gasteiger partial charge in [0, 0.05) is 25.2 Å². The molecule has 1 fully saturated rings. The summed E-state index contributed by atoms with van der Waals surface area (Å²) in [5.74, 6) is 1.30. The summed E-state index contributed by atoms with van der Waals surface area (Å²) in [5, 5.41) is 0. The standard InChI is InChI=1S/C17H25NO4/c1-4-20-17-9-15(12-19)5-6-16(17)21-8-7-18-10-13(2)22-14(3)11-18/h5-6,9,12-14H,4,7-8,10-11H2,1-3H3/t13-,14-/m1/s1. The quantitative estimate of drug-likeness (QED) is 0.724. The van der Waals surface area contributed by atoms with Crippen LogP contribution in [0.15, 0.2) is 18.2 Å². The number of ether oxygens (including phenoxy) is 3. The van der Waals surface area contributed by atoms with Crippen molar-refractivity contribution >= 4 is 6.29 Å². The van der Waals surface area contributed by atoms with E-state index in [2.05, 4.69) is 18.7 Å². The third-order valence-corrected chi connectivity index (χ3v) is 3.56. The van der Waals surface area contributed by atoms with Crippen molar-refractivity contribution in [2.75, 3.05) is 32.8 Å². The van der Waals surface area contributed by atoms with E-state index in [4.69, 9.17) is 14.2 Å². The van der Waals surface area contributed by atoms with Gasteiger partial charge in [-0.05, 0) is 39.0 Å². The third-order valence-electron chi connectivity index (χ3n) is 3.56. The average Bonchev–Trinajstić information content (AvgIpc) is 2.48.